The Balaban J connectivity index is 2.36. The van der Waals surface area contributed by atoms with E-state index in [1.807, 2.05) is 7.05 Å². The zero-order valence-electron chi connectivity index (χ0n) is 10.8. The quantitative estimate of drug-likeness (QED) is 0.753. The molecule has 0 atom stereocenters. The molecular formula is C14H18FNO2. The van der Waals surface area contributed by atoms with E-state index in [2.05, 4.69) is 4.90 Å². The first-order chi connectivity index (χ1) is 8.58. The highest BCUT2D eigenvalue weighted by Gasteiger charge is 2.43. The molecular weight excluding hydrogens is 233 g/mol. The van der Waals surface area contributed by atoms with E-state index in [9.17, 15) is 9.18 Å². The van der Waals surface area contributed by atoms with Gasteiger partial charge in [-0.25, -0.2) is 4.39 Å². The van der Waals surface area contributed by atoms with Gasteiger partial charge in [-0.05, 0) is 50.7 Å². The molecule has 0 saturated carbocycles. The van der Waals surface area contributed by atoms with E-state index < -0.39 is 5.41 Å². The number of nitrogens with zero attached hydrogens (tertiary/aromatic N) is 1. The van der Waals surface area contributed by atoms with E-state index in [1.54, 1.807) is 12.1 Å². The van der Waals surface area contributed by atoms with Crippen LogP contribution in [0.4, 0.5) is 4.39 Å². The zero-order valence-corrected chi connectivity index (χ0v) is 10.8. The lowest BCUT2D eigenvalue weighted by Gasteiger charge is -2.38. The van der Waals surface area contributed by atoms with Crippen molar-refractivity contribution in [2.45, 2.75) is 18.3 Å². The van der Waals surface area contributed by atoms with E-state index >= 15 is 0 Å². The van der Waals surface area contributed by atoms with Crippen LogP contribution in [0.15, 0.2) is 24.3 Å². The van der Waals surface area contributed by atoms with Crippen molar-refractivity contribution in [3.05, 3.63) is 35.6 Å². The van der Waals surface area contributed by atoms with Gasteiger partial charge >= 0.3 is 5.97 Å². The van der Waals surface area contributed by atoms with E-state index in [0.717, 1.165) is 18.7 Å². The molecule has 0 N–H and O–H groups in total. The fraction of sp³-hybridized carbons (Fsp3) is 0.500. The standard InChI is InChI=1S/C14H18FNO2/c1-16-9-7-14(8-10-16,13(17)18-2)11-3-5-12(15)6-4-11/h3-6H,7-10H2,1-2H3. The molecule has 1 aliphatic heterocycles. The molecule has 2 rings (SSSR count). The normalized spacial score (nSPS) is 19.5. The van der Waals surface area contributed by atoms with Gasteiger partial charge in [0.2, 0.25) is 0 Å². The van der Waals surface area contributed by atoms with Crippen molar-refractivity contribution < 1.29 is 13.9 Å². The molecule has 1 aliphatic rings. The van der Waals surface area contributed by atoms with Crippen LogP contribution in [0, 0.1) is 5.82 Å². The third-order valence-corrected chi connectivity index (χ3v) is 3.81. The molecule has 0 spiro atoms. The molecule has 0 aliphatic carbocycles. The monoisotopic (exact) mass is 251 g/mol. The molecule has 4 heteroatoms. The lowest BCUT2D eigenvalue weighted by molar-refractivity contribution is -0.149. The topological polar surface area (TPSA) is 29.5 Å². The molecule has 1 aromatic rings. The zero-order chi connectivity index (χ0) is 13.2. The number of methoxy groups -OCH3 is 1. The molecule has 3 nitrogen and oxygen atoms in total. The maximum atomic E-state index is 13.0. The van der Waals surface area contributed by atoms with Crippen LogP contribution < -0.4 is 0 Å². The second-order valence-electron chi connectivity index (χ2n) is 4.88. The summed E-state index contributed by atoms with van der Waals surface area (Å²) < 4.78 is 18.0. The first-order valence-corrected chi connectivity index (χ1v) is 6.11. The minimum Gasteiger partial charge on any atom is -0.468 e. The van der Waals surface area contributed by atoms with Crippen molar-refractivity contribution in [2.75, 3.05) is 27.2 Å². The number of ether oxygens (including phenoxy) is 1. The fourth-order valence-electron chi connectivity index (χ4n) is 2.58. The summed E-state index contributed by atoms with van der Waals surface area (Å²) in [5.74, 6) is -0.506. The summed E-state index contributed by atoms with van der Waals surface area (Å²) in [6.07, 6.45) is 1.42. The SMILES string of the molecule is COC(=O)C1(c2ccc(F)cc2)CCN(C)CC1. The van der Waals surface area contributed by atoms with Gasteiger partial charge in [0.05, 0.1) is 12.5 Å². The second-order valence-corrected chi connectivity index (χ2v) is 4.88. The lowest BCUT2D eigenvalue weighted by atomic mass is 9.73. The molecule has 1 saturated heterocycles. The number of carbonyl (C=O) groups is 1. The Morgan fingerprint density at radius 2 is 1.83 bits per heavy atom. The van der Waals surface area contributed by atoms with Crippen molar-refractivity contribution in [3.8, 4) is 0 Å². The summed E-state index contributed by atoms with van der Waals surface area (Å²) in [5, 5.41) is 0. The van der Waals surface area contributed by atoms with Crippen LogP contribution in [0.5, 0.6) is 0 Å². The number of hydrogen-bond donors (Lipinski definition) is 0. The van der Waals surface area contributed by atoms with Crippen LogP contribution in [0.3, 0.4) is 0 Å². The molecule has 1 aromatic carbocycles. The maximum Gasteiger partial charge on any atom is 0.316 e. The van der Waals surface area contributed by atoms with Crippen molar-refractivity contribution in [2.24, 2.45) is 0 Å². The number of benzene rings is 1. The Morgan fingerprint density at radius 3 is 2.33 bits per heavy atom. The Morgan fingerprint density at radius 1 is 1.28 bits per heavy atom. The Bertz CT molecular complexity index is 422. The maximum absolute atomic E-state index is 13.0. The summed E-state index contributed by atoms with van der Waals surface area (Å²) in [6, 6.07) is 6.19. The molecule has 18 heavy (non-hydrogen) atoms. The van der Waals surface area contributed by atoms with Gasteiger partial charge in [0.15, 0.2) is 0 Å². The highest BCUT2D eigenvalue weighted by Crippen LogP contribution is 2.36. The number of halogens is 1. The molecule has 98 valence electrons. The van der Waals surface area contributed by atoms with Gasteiger partial charge in [-0.1, -0.05) is 12.1 Å². The van der Waals surface area contributed by atoms with Crippen molar-refractivity contribution in [3.63, 3.8) is 0 Å². The van der Waals surface area contributed by atoms with Gasteiger partial charge < -0.3 is 9.64 Å². The second kappa shape index (κ2) is 5.06. The van der Waals surface area contributed by atoms with Gasteiger partial charge in [-0.3, -0.25) is 4.79 Å². The largest absolute Gasteiger partial charge is 0.468 e. The average Bonchev–Trinajstić information content (AvgIpc) is 2.40. The Hall–Kier alpha value is -1.42. The number of rotatable bonds is 2. The van der Waals surface area contributed by atoms with Crippen LogP contribution in [0.1, 0.15) is 18.4 Å². The summed E-state index contributed by atoms with van der Waals surface area (Å²) in [7, 11) is 3.44. The van der Waals surface area contributed by atoms with E-state index in [4.69, 9.17) is 4.74 Å². The summed E-state index contributed by atoms with van der Waals surface area (Å²) in [4.78, 5) is 14.3. The number of piperidine rings is 1. The first kappa shape index (κ1) is 13.0. The number of likely N-dealkylation sites (tertiary alicyclic amines) is 1. The van der Waals surface area contributed by atoms with E-state index in [-0.39, 0.29) is 11.8 Å². The predicted molar refractivity (Wildman–Crippen MR) is 66.8 cm³/mol. The van der Waals surface area contributed by atoms with Crippen LogP contribution in [0.2, 0.25) is 0 Å². The van der Waals surface area contributed by atoms with Crippen LogP contribution in [-0.4, -0.2) is 38.1 Å². The molecule has 0 unspecified atom stereocenters. The number of esters is 1. The van der Waals surface area contributed by atoms with Gasteiger partial charge in [0.25, 0.3) is 0 Å². The van der Waals surface area contributed by atoms with Crippen LogP contribution >= 0.6 is 0 Å². The van der Waals surface area contributed by atoms with Gasteiger partial charge in [0.1, 0.15) is 5.82 Å². The molecule has 0 radical (unpaired) electrons. The highest BCUT2D eigenvalue weighted by molar-refractivity contribution is 5.83. The van der Waals surface area contributed by atoms with Crippen molar-refractivity contribution >= 4 is 5.97 Å². The highest BCUT2D eigenvalue weighted by atomic mass is 19.1. The molecule has 0 aromatic heterocycles. The minimum absolute atomic E-state index is 0.220. The molecule has 0 amide bonds. The fourth-order valence-corrected chi connectivity index (χ4v) is 2.58. The number of hydrogen-bond acceptors (Lipinski definition) is 3. The Kier molecular flexibility index (Phi) is 3.66. The third kappa shape index (κ3) is 2.25. The van der Waals surface area contributed by atoms with Crippen LogP contribution in [0.25, 0.3) is 0 Å². The molecule has 1 fully saturated rings. The minimum atomic E-state index is -0.616. The molecule has 1 heterocycles. The Labute approximate surface area is 107 Å². The predicted octanol–water partition coefficient (Wildman–Crippen LogP) is 1.96. The first-order valence-electron chi connectivity index (χ1n) is 6.11. The van der Waals surface area contributed by atoms with Crippen LogP contribution in [-0.2, 0) is 14.9 Å². The van der Waals surface area contributed by atoms with Gasteiger partial charge in [-0.15, -0.1) is 0 Å². The number of carbonyl (C=O) groups excluding carboxylic acids is 1. The summed E-state index contributed by atoms with van der Waals surface area (Å²) >= 11 is 0. The van der Waals surface area contributed by atoms with Crippen molar-refractivity contribution in [1.82, 2.24) is 4.90 Å². The summed E-state index contributed by atoms with van der Waals surface area (Å²) in [5.41, 5.74) is 0.235. The smallest absolute Gasteiger partial charge is 0.316 e. The van der Waals surface area contributed by atoms with Crippen molar-refractivity contribution in [1.29, 1.82) is 0 Å². The van der Waals surface area contributed by atoms with Gasteiger partial charge in [0, 0.05) is 0 Å². The third-order valence-electron chi connectivity index (χ3n) is 3.81. The molecule has 0 bridgehead atoms. The lowest BCUT2D eigenvalue weighted by Crippen LogP contribution is -2.46. The van der Waals surface area contributed by atoms with E-state index in [0.29, 0.717) is 12.8 Å². The summed E-state index contributed by atoms with van der Waals surface area (Å²) in [6.45, 7) is 1.68. The van der Waals surface area contributed by atoms with E-state index in [1.165, 1.54) is 19.2 Å². The average molecular weight is 251 g/mol. The van der Waals surface area contributed by atoms with Gasteiger partial charge in [-0.2, -0.15) is 0 Å².